The van der Waals surface area contributed by atoms with E-state index in [-0.39, 0.29) is 16.2 Å². The minimum Gasteiger partial charge on any atom is -0.351 e. The van der Waals surface area contributed by atoms with Gasteiger partial charge in [-0.15, -0.1) is 11.3 Å². The van der Waals surface area contributed by atoms with E-state index in [0.29, 0.717) is 18.9 Å². The van der Waals surface area contributed by atoms with Crippen LogP contribution in [0.15, 0.2) is 46.7 Å². The molecule has 1 heterocycles. The molecule has 1 amide bonds. The third kappa shape index (κ3) is 5.95. The highest BCUT2D eigenvalue weighted by Crippen LogP contribution is 2.27. The maximum Gasteiger partial charge on any atom is 0.250 e. The number of carbonyl (C=O) groups is 1. The Bertz CT molecular complexity index is 799. The summed E-state index contributed by atoms with van der Waals surface area (Å²) < 4.78 is 28.6. The summed E-state index contributed by atoms with van der Waals surface area (Å²) in [6, 6.07) is 12.7. The van der Waals surface area contributed by atoms with Crippen molar-refractivity contribution in [2.45, 2.75) is 44.0 Å². The standard InChI is InChI=1S/C18H24N2O3S2/c1-13(2)11-17(15-7-5-4-6-8-15)20-25(22,23)18-10-9-16(24-18)12-19-14(3)21/h4-10,13,17,20H,11-12H2,1-3H3,(H,19,21)/t17-/m0/s1. The Morgan fingerprint density at radius 1 is 1.12 bits per heavy atom. The lowest BCUT2D eigenvalue weighted by Crippen LogP contribution is -2.29. The highest BCUT2D eigenvalue weighted by molar-refractivity contribution is 7.91. The number of amides is 1. The molecule has 0 bridgehead atoms. The van der Waals surface area contributed by atoms with Gasteiger partial charge >= 0.3 is 0 Å². The molecule has 0 saturated carbocycles. The van der Waals surface area contributed by atoms with E-state index in [1.807, 2.05) is 30.3 Å². The van der Waals surface area contributed by atoms with Crippen molar-refractivity contribution in [3.05, 3.63) is 52.9 Å². The normalized spacial score (nSPS) is 13.0. The second-order valence-corrected chi connectivity index (χ2v) is 9.45. The molecule has 1 aromatic heterocycles. The van der Waals surface area contributed by atoms with Gasteiger partial charge in [-0.3, -0.25) is 4.79 Å². The Morgan fingerprint density at radius 2 is 1.80 bits per heavy atom. The van der Waals surface area contributed by atoms with E-state index in [2.05, 4.69) is 23.9 Å². The molecule has 1 aromatic carbocycles. The zero-order chi connectivity index (χ0) is 18.4. The number of thiophene rings is 1. The van der Waals surface area contributed by atoms with Gasteiger partial charge in [0.15, 0.2) is 0 Å². The molecule has 0 aliphatic carbocycles. The van der Waals surface area contributed by atoms with Gasteiger partial charge in [0, 0.05) is 17.8 Å². The van der Waals surface area contributed by atoms with Crippen molar-refractivity contribution in [1.82, 2.24) is 10.0 Å². The molecular weight excluding hydrogens is 356 g/mol. The number of hydrogen-bond donors (Lipinski definition) is 2. The van der Waals surface area contributed by atoms with E-state index < -0.39 is 10.0 Å². The van der Waals surface area contributed by atoms with Crippen molar-refractivity contribution in [2.75, 3.05) is 0 Å². The number of carbonyl (C=O) groups excluding carboxylic acids is 1. The molecule has 2 rings (SSSR count). The van der Waals surface area contributed by atoms with Crippen LogP contribution >= 0.6 is 11.3 Å². The van der Waals surface area contributed by atoms with Crippen LogP contribution in [0.2, 0.25) is 0 Å². The third-order valence-corrected chi connectivity index (χ3v) is 6.67. The molecule has 0 unspecified atom stereocenters. The first-order valence-corrected chi connectivity index (χ1v) is 10.5. The molecule has 0 spiro atoms. The topological polar surface area (TPSA) is 75.3 Å². The third-order valence-electron chi connectivity index (χ3n) is 3.62. The van der Waals surface area contributed by atoms with E-state index in [1.54, 1.807) is 12.1 Å². The first-order valence-electron chi connectivity index (χ1n) is 8.18. The zero-order valence-electron chi connectivity index (χ0n) is 14.7. The molecule has 0 saturated heterocycles. The van der Waals surface area contributed by atoms with Gasteiger partial charge in [0.1, 0.15) is 4.21 Å². The second kappa shape index (κ2) is 8.60. The second-order valence-electron chi connectivity index (χ2n) is 6.34. The van der Waals surface area contributed by atoms with Crippen LogP contribution in [0.1, 0.15) is 43.7 Å². The summed E-state index contributed by atoms with van der Waals surface area (Å²) >= 11 is 1.17. The highest BCUT2D eigenvalue weighted by Gasteiger charge is 2.23. The van der Waals surface area contributed by atoms with Crippen molar-refractivity contribution in [3.63, 3.8) is 0 Å². The summed E-state index contributed by atoms with van der Waals surface area (Å²) in [5, 5.41) is 2.68. The monoisotopic (exact) mass is 380 g/mol. The molecule has 0 radical (unpaired) electrons. The molecule has 0 aliphatic rings. The average molecular weight is 381 g/mol. The van der Waals surface area contributed by atoms with Gasteiger partial charge < -0.3 is 5.32 Å². The van der Waals surface area contributed by atoms with Gasteiger partial charge in [0.05, 0.1) is 6.54 Å². The Hall–Kier alpha value is -1.70. The van der Waals surface area contributed by atoms with Gasteiger partial charge in [-0.25, -0.2) is 13.1 Å². The summed E-state index contributed by atoms with van der Waals surface area (Å²) in [6.07, 6.45) is 0.716. The number of benzene rings is 1. The van der Waals surface area contributed by atoms with Crippen molar-refractivity contribution >= 4 is 27.3 Å². The minimum absolute atomic E-state index is 0.142. The SMILES string of the molecule is CC(=O)NCc1ccc(S(=O)(=O)N[C@@H](CC(C)C)c2ccccc2)s1. The summed E-state index contributed by atoms with van der Waals surface area (Å²) in [5.41, 5.74) is 0.954. The minimum atomic E-state index is -3.62. The first kappa shape index (κ1) is 19.6. The summed E-state index contributed by atoms with van der Waals surface area (Å²) in [5.74, 6) is 0.212. The Balaban J connectivity index is 2.18. The van der Waals surface area contributed by atoms with Crippen LogP contribution in [-0.4, -0.2) is 14.3 Å². The predicted molar refractivity (Wildman–Crippen MR) is 101 cm³/mol. The Kier molecular flexibility index (Phi) is 6.75. The fraction of sp³-hybridized carbons (Fsp3) is 0.389. The van der Waals surface area contributed by atoms with Crippen molar-refractivity contribution in [3.8, 4) is 0 Å². The largest absolute Gasteiger partial charge is 0.351 e. The summed E-state index contributed by atoms with van der Waals surface area (Å²) in [6.45, 7) is 5.91. The van der Waals surface area contributed by atoms with Crippen molar-refractivity contribution in [2.24, 2.45) is 5.92 Å². The van der Waals surface area contributed by atoms with Gasteiger partial charge in [-0.05, 0) is 30.0 Å². The molecule has 7 heteroatoms. The number of nitrogens with one attached hydrogen (secondary N) is 2. The smallest absolute Gasteiger partial charge is 0.250 e. The molecule has 0 aliphatic heterocycles. The lowest BCUT2D eigenvalue weighted by Gasteiger charge is -2.20. The van der Waals surface area contributed by atoms with Crippen LogP contribution in [0, 0.1) is 5.92 Å². The van der Waals surface area contributed by atoms with E-state index in [9.17, 15) is 13.2 Å². The van der Waals surface area contributed by atoms with Crippen LogP contribution in [0.4, 0.5) is 0 Å². The fourth-order valence-corrected chi connectivity index (χ4v) is 5.01. The van der Waals surface area contributed by atoms with Gasteiger partial charge in [0.25, 0.3) is 10.0 Å². The average Bonchev–Trinajstić information content (AvgIpc) is 3.02. The molecule has 0 fully saturated rings. The van der Waals surface area contributed by atoms with Crippen molar-refractivity contribution < 1.29 is 13.2 Å². The molecule has 136 valence electrons. The van der Waals surface area contributed by atoms with Crippen molar-refractivity contribution in [1.29, 1.82) is 0 Å². The maximum absolute atomic E-state index is 12.8. The fourth-order valence-electron chi connectivity index (χ4n) is 2.46. The van der Waals surface area contributed by atoms with Crippen LogP contribution < -0.4 is 10.0 Å². The Labute approximate surface area is 153 Å². The predicted octanol–water partition coefficient (Wildman–Crippen LogP) is 3.45. The molecule has 2 aromatic rings. The lowest BCUT2D eigenvalue weighted by molar-refractivity contribution is -0.119. The van der Waals surface area contributed by atoms with E-state index in [0.717, 1.165) is 10.4 Å². The van der Waals surface area contributed by atoms with Gasteiger partial charge in [-0.2, -0.15) is 0 Å². The number of rotatable bonds is 8. The van der Waals surface area contributed by atoms with Gasteiger partial charge in [-0.1, -0.05) is 44.2 Å². The zero-order valence-corrected chi connectivity index (χ0v) is 16.3. The number of sulfonamides is 1. The molecule has 5 nitrogen and oxygen atoms in total. The molecule has 25 heavy (non-hydrogen) atoms. The highest BCUT2D eigenvalue weighted by atomic mass is 32.2. The van der Waals surface area contributed by atoms with Gasteiger partial charge in [0.2, 0.25) is 5.91 Å². The van der Waals surface area contributed by atoms with E-state index in [4.69, 9.17) is 0 Å². The van der Waals surface area contributed by atoms with E-state index >= 15 is 0 Å². The van der Waals surface area contributed by atoms with E-state index in [1.165, 1.54) is 18.3 Å². The van der Waals surface area contributed by atoms with Crippen LogP contribution in [0.3, 0.4) is 0 Å². The van der Waals surface area contributed by atoms with Crippen LogP contribution in [-0.2, 0) is 21.4 Å². The summed E-state index contributed by atoms with van der Waals surface area (Å²) in [4.78, 5) is 11.8. The first-order chi connectivity index (χ1) is 11.8. The van der Waals surface area contributed by atoms with Crippen LogP contribution in [0.5, 0.6) is 0 Å². The molecule has 1 atom stereocenters. The number of hydrogen-bond acceptors (Lipinski definition) is 4. The maximum atomic E-state index is 12.8. The lowest BCUT2D eigenvalue weighted by atomic mass is 9.98. The summed E-state index contributed by atoms with van der Waals surface area (Å²) in [7, 11) is -3.62. The Morgan fingerprint density at radius 3 is 2.40 bits per heavy atom. The van der Waals surface area contributed by atoms with Crippen LogP contribution in [0.25, 0.3) is 0 Å². The quantitative estimate of drug-likeness (QED) is 0.736. The molecular formula is C18H24N2O3S2. The molecule has 2 N–H and O–H groups in total.